The van der Waals surface area contributed by atoms with Crippen molar-refractivity contribution in [1.82, 2.24) is 5.32 Å². The predicted octanol–water partition coefficient (Wildman–Crippen LogP) is 2.68. The second-order valence-corrected chi connectivity index (χ2v) is 4.58. The van der Waals surface area contributed by atoms with Crippen molar-refractivity contribution in [2.24, 2.45) is 0 Å². The molecule has 0 spiro atoms. The van der Waals surface area contributed by atoms with Gasteiger partial charge in [-0.1, -0.05) is 19.4 Å². The van der Waals surface area contributed by atoms with Crippen LogP contribution < -0.4 is 10.6 Å². The molecule has 0 unspecified atom stereocenters. The number of aliphatic carboxylic acids is 1. The Kier molecular flexibility index (Phi) is 5.36. The van der Waals surface area contributed by atoms with E-state index in [0.29, 0.717) is 18.5 Å². The lowest BCUT2D eigenvalue weighted by molar-refractivity contribution is -0.139. The molecular formula is C14H20N2O3. The van der Waals surface area contributed by atoms with Crippen LogP contribution >= 0.6 is 0 Å². The summed E-state index contributed by atoms with van der Waals surface area (Å²) in [6.07, 6.45) is 1.11. The molecule has 0 saturated carbocycles. The molecule has 1 aromatic carbocycles. The third-order valence-corrected chi connectivity index (χ3v) is 2.95. The summed E-state index contributed by atoms with van der Waals surface area (Å²) in [6.45, 7) is 5.81. The minimum absolute atomic E-state index is 0.412. The van der Waals surface area contributed by atoms with Gasteiger partial charge in [-0.25, -0.2) is 9.59 Å². The maximum atomic E-state index is 11.7. The number of benzene rings is 1. The third-order valence-electron chi connectivity index (χ3n) is 2.95. The largest absolute Gasteiger partial charge is 0.480 e. The van der Waals surface area contributed by atoms with E-state index >= 15 is 0 Å². The van der Waals surface area contributed by atoms with E-state index in [-0.39, 0.29) is 0 Å². The number of carboxylic acid groups (broad SMARTS) is 1. The van der Waals surface area contributed by atoms with Gasteiger partial charge in [0.15, 0.2) is 0 Å². The predicted molar refractivity (Wildman–Crippen MR) is 74.4 cm³/mol. The second-order valence-electron chi connectivity index (χ2n) is 4.58. The Balaban J connectivity index is 2.63. The van der Waals surface area contributed by atoms with Crippen LogP contribution in [0.3, 0.4) is 0 Å². The molecule has 0 fully saturated rings. The number of hydrogen-bond acceptors (Lipinski definition) is 2. The van der Waals surface area contributed by atoms with Crippen molar-refractivity contribution in [1.29, 1.82) is 0 Å². The van der Waals surface area contributed by atoms with Crippen LogP contribution in [0, 0.1) is 13.8 Å². The quantitative estimate of drug-likeness (QED) is 0.765. The van der Waals surface area contributed by atoms with Crippen LogP contribution in [0.1, 0.15) is 30.9 Å². The zero-order valence-electron chi connectivity index (χ0n) is 11.5. The summed E-state index contributed by atoms with van der Waals surface area (Å²) >= 11 is 0. The van der Waals surface area contributed by atoms with Crippen molar-refractivity contribution >= 4 is 17.7 Å². The van der Waals surface area contributed by atoms with Gasteiger partial charge in [-0.2, -0.15) is 0 Å². The number of aryl methyl sites for hydroxylation is 2. The number of carbonyl (C=O) groups excluding carboxylic acids is 1. The lowest BCUT2D eigenvalue weighted by Crippen LogP contribution is -2.42. The van der Waals surface area contributed by atoms with E-state index in [9.17, 15) is 9.59 Å². The van der Waals surface area contributed by atoms with Crippen LogP contribution in [0.25, 0.3) is 0 Å². The molecule has 0 bridgehead atoms. The number of hydrogen-bond donors (Lipinski definition) is 3. The summed E-state index contributed by atoms with van der Waals surface area (Å²) in [5.74, 6) is -1.02. The van der Waals surface area contributed by atoms with Crippen LogP contribution in [0.2, 0.25) is 0 Å². The fraction of sp³-hybridized carbons (Fsp3) is 0.429. The highest BCUT2D eigenvalue weighted by Gasteiger charge is 2.18. The topological polar surface area (TPSA) is 78.4 Å². The fourth-order valence-corrected chi connectivity index (χ4v) is 1.69. The van der Waals surface area contributed by atoms with Crippen LogP contribution in [-0.4, -0.2) is 23.1 Å². The first-order valence-corrected chi connectivity index (χ1v) is 6.31. The van der Waals surface area contributed by atoms with Crippen molar-refractivity contribution in [2.75, 3.05) is 5.32 Å². The Labute approximate surface area is 113 Å². The molecule has 1 rings (SSSR count). The van der Waals surface area contributed by atoms with Gasteiger partial charge in [0.1, 0.15) is 6.04 Å². The van der Waals surface area contributed by atoms with E-state index in [2.05, 4.69) is 10.6 Å². The molecule has 0 aliphatic carbocycles. The molecular weight excluding hydrogens is 244 g/mol. The summed E-state index contributed by atoms with van der Waals surface area (Å²) in [6, 6.07) is 4.20. The standard InChI is InChI=1S/C14H20N2O3/c1-4-5-12(13(17)18)16-14(19)15-11-7-6-9(2)10(3)8-11/h6-8,12H,4-5H2,1-3H3,(H,17,18)(H2,15,16,19)/t12-/m1/s1. The van der Waals surface area contributed by atoms with E-state index < -0.39 is 18.0 Å². The van der Waals surface area contributed by atoms with E-state index in [1.165, 1.54) is 0 Å². The summed E-state index contributed by atoms with van der Waals surface area (Å²) < 4.78 is 0. The summed E-state index contributed by atoms with van der Waals surface area (Å²) in [7, 11) is 0. The molecule has 0 heterocycles. The van der Waals surface area contributed by atoms with Crippen molar-refractivity contribution < 1.29 is 14.7 Å². The highest BCUT2D eigenvalue weighted by molar-refractivity contribution is 5.92. The molecule has 1 aromatic rings. The zero-order chi connectivity index (χ0) is 14.4. The van der Waals surface area contributed by atoms with Crippen LogP contribution in [0.4, 0.5) is 10.5 Å². The van der Waals surface area contributed by atoms with Gasteiger partial charge in [-0.05, 0) is 43.5 Å². The second kappa shape index (κ2) is 6.78. The maximum absolute atomic E-state index is 11.7. The van der Waals surface area contributed by atoms with Crippen LogP contribution in [0.5, 0.6) is 0 Å². The smallest absolute Gasteiger partial charge is 0.326 e. The molecule has 2 amide bonds. The SMILES string of the molecule is CCC[C@@H](NC(=O)Nc1ccc(C)c(C)c1)C(=O)O. The lowest BCUT2D eigenvalue weighted by Gasteiger charge is -2.14. The first-order chi connectivity index (χ1) is 8.93. The monoisotopic (exact) mass is 264 g/mol. The van der Waals surface area contributed by atoms with Crippen LogP contribution in [-0.2, 0) is 4.79 Å². The Hall–Kier alpha value is -2.04. The normalized spacial score (nSPS) is 11.7. The Morgan fingerprint density at radius 3 is 2.47 bits per heavy atom. The van der Waals surface area contributed by atoms with Crippen molar-refractivity contribution in [3.63, 3.8) is 0 Å². The third kappa shape index (κ3) is 4.62. The van der Waals surface area contributed by atoms with Crippen molar-refractivity contribution in [3.8, 4) is 0 Å². The minimum Gasteiger partial charge on any atom is -0.480 e. The number of carbonyl (C=O) groups is 2. The van der Waals surface area contributed by atoms with Crippen LogP contribution in [0.15, 0.2) is 18.2 Å². The van der Waals surface area contributed by atoms with Gasteiger partial charge < -0.3 is 15.7 Å². The summed E-state index contributed by atoms with van der Waals surface area (Å²) in [5.41, 5.74) is 2.86. The Morgan fingerprint density at radius 1 is 1.26 bits per heavy atom. The molecule has 0 radical (unpaired) electrons. The lowest BCUT2D eigenvalue weighted by atomic mass is 10.1. The minimum atomic E-state index is -1.02. The average Bonchev–Trinajstić information content (AvgIpc) is 2.33. The summed E-state index contributed by atoms with van der Waals surface area (Å²) in [4.78, 5) is 22.6. The number of amides is 2. The molecule has 0 aromatic heterocycles. The summed E-state index contributed by atoms with van der Waals surface area (Å²) in [5, 5.41) is 14.0. The van der Waals surface area contributed by atoms with Gasteiger partial charge >= 0.3 is 12.0 Å². The van der Waals surface area contributed by atoms with E-state index in [1.54, 1.807) is 6.07 Å². The Bertz CT molecular complexity index is 472. The van der Waals surface area contributed by atoms with E-state index in [1.807, 2.05) is 32.9 Å². The molecule has 3 N–H and O–H groups in total. The molecule has 0 aliphatic heterocycles. The van der Waals surface area contributed by atoms with E-state index in [4.69, 9.17) is 5.11 Å². The fourth-order valence-electron chi connectivity index (χ4n) is 1.69. The van der Waals surface area contributed by atoms with Gasteiger partial charge in [-0.3, -0.25) is 0 Å². The maximum Gasteiger partial charge on any atom is 0.326 e. The molecule has 0 saturated heterocycles. The van der Waals surface area contributed by atoms with Crippen molar-refractivity contribution in [3.05, 3.63) is 29.3 Å². The molecule has 104 valence electrons. The number of anilines is 1. The highest BCUT2D eigenvalue weighted by Crippen LogP contribution is 2.14. The van der Waals surface area contributed by atoms with Crippen molar-refractivity contribution in [2.45, 2.75) is 39.7 Å². The van der Waals surface area contributed by atoms with Gasteiger partial charge in [0.2, 0.25) is 0 Å². The first kappa shape index (κ1) is 15.0. The van der Waals surface area contributed by atoms with E-state index in [0.717, 1.165) is 11.1 Å². The molecule has 0 aliphatic rings. The number of urea groups is 1. The first-order valence-electron chi connectivity index (χ1n) is 6.31. The number of nitrogens with one attached hydrogen (secondary N) is 2. The molecule has 19 heavy (non-hydrogen) atoms. The highest BCUT2D eigenvalue weighted by atomic mass is 16.4. The average molecular weight is 264 g/mol. The van der Waals surface area contributed by atoms with Gasteiger partial charge in [0.25, 0.3) is 0 Å². The zero-order valence-corrected chi connectivity index (χ0v) is 11.5. The molecule has 5 heteroatoms. The number of rotatable bonds is 5. The Morgan fingerprint density at radius 2 is 1.95 bits per heavy atom. The number of carboxylic acids is 1. The van der Waals surface area contributed by atoms with Gasteiger partial charge in [0, 0.05) is 5.69 Å². The molecule has 5 nitrogen and oxygen atoms in total. The van der Waals surface area contributed by atoms with Gasteiger partial charge in [0.05, 0.1) is 0 Å². The molecule has 1 atom stereocenters. The van der Waals surface area contributed by atoms with Gasteiger partial charge in [-0.15, -0.1) is 0 Å².